The van der Waals surface area contributed by atoms with E-state index in [1.165, 1.54) is 11.8 Å². The zero-order chi connectivity index (χ0) is 17.4. The van der Waals surface area contributed by atoms with Crippen molar-refractivity contribution in [3.05, 3.63) is 32.6 Å². The topological polar surface area (TPSA) is 49.4 Å². The molecule has 0 bridgehead atoms. The molecule has 1 atom stereocenters. The highest BCUT2D eigenvalue weighted by Crippen LogP contribution is 2.54. The predicted octanol–water partition coefficient (Wildman–Crippen LogP) is 3.94. The minimum atomic E-state index is -0.297. The summed E-state index contributed by atoms with van der Waals surface area (Å²) >= 11 is 9.82. The van der Waals surface area contributed by atoms with Crippen molar-refractivity contribution in [1.29, 1.82) is 0 Å². The van der Waals surface area contributed by atoms with E-state index in [4.69, 9.17) is 12.2 Å². The molecule has 7 heteroatoms. The fourth-order valence-electron chi connectivity index (χ4n) is 3.99. The number of carbonyl (C=O) groups is 2. The van der Waals surface area contributed by atoms with Gasteiger partial charge in [0, 0.05) is 15.6 Å². The lowest BCUT2D eigenvalue weighted by Crippen LogP contribution is -2.49. The number of nitrogens with zero attached hydrogens (tertiary/aromatic N) is 1. The lowest BCUT2D eigenvalue weighted by molar-refractivity contribution is -0.116. The van der Waals surface area contributed by atoms with E-state index in [1.807, 2.05) is 11.0 Å². The molecular weight excluding hydrogens is 408 g/mol. The second kappa shape index (κ2) is 5.16. The average molecular weight is 423 g/mol. The van der Waals surface area contributed by atoms with Gasteiger partial charge < -0.3 is 10.2 Å². The predicted molar refractivity (Wildman–Crippen MR) is 104 cm³/mol. The SMILES string of the molecule is CC1CC(C)(C)N2C(=O)/C(=C3\SC(=S)NC3=O)c3cc(Br)cc1c32. The molecule has 2 amide bonds. The molecule has 1 aromatic carbocycles. The lowest BCUT2D eigenvalue weighted by Gasteiger charge is -2.43. The first-order valence-corrected chi connectivity index (χ1v) is 9.68. The van der Waals surface area contributed by atoms with Gasteiger partial charge in [-0.05, 0) is 43.9 Å². The van der Waals surface area contributed by atoms with Crippen LogP contribution in [-0.4, -0.2) is 21.7 Å². The maximum absolute atomic E-state index is 13.3. The maximum atomic E-state index is 13.3. The number of hydrogen-bond donors (Lipinski definition) is 1. The first kappa shape index (κ1) is 16.3. The van der Waals surface area contributed by atoms with Crippen molar-refractivity contribution in [2.75, 3.05) is 4.90 Å². The molecule has 124 valence electrons. The van der Waals surface area contributed by atoms with Crippen LogP contribution >= 0.6 is 39.9 Å². The molecule has 3 aliphatic rings. The second-order valence-electron chi connectivity index (χ2n) is 7.00. The van der Waals surface area contributed by atoms with Gasteiger partial charge in [0.05, 0.1) is 16.2 Å². The van der Waals surface area contributed by atoms with Crippen molar-refractivity contribution in [2.24, 2.45) is 0 Å². The summed E-state index contributed by atoms with van der Waals surface area (Å²) in [4.78, 5) is 27.8. The van der Waals surface area contributed by atoms with Crippen LogP contribution in [0.15, 0.2) is 21.5 Å². The summed E-state index contributed by atoms with van der Waals surface area (Å²) in [5.41, 5.74) is 3.09. The molecule has 0 aliphatic carbocycles. The van der Waals surface area contributed by atoms with Gasteiger partial charge in [-0.1, -0.05) is 46.8 Å². The van der Waals surface area contributed by atoms with E-state index < -0.39 is 0 Å². The van der Waals surface area contributed by atoms with Crippen LogP contribution in [-0.2, 0) is 9.59 Å². The zero-order valence-electron chi connectivity index (χ0n) is 13.4. The Bertz CT molecular complexity index is 876. The molecule has 0 spiro atoms. The van der Waals surface area contributed by atoms with E-state index in [1.54, 1.807) is 0 Å². The molecule has 0 radical (unpaired) electrons. The standard InChI is InChI=1S/C17H15BrN2O2S2/c1-7-6-17(2,3)20-12-9(7)4-8(18)5-10(12)11(15(20)22)13-14(21)19-16(23)24-13/h4-5,7H,6H2,1-3H3,(H,19,21,23)/b13-11-. The van der Waals surface area contributed by atoms with Gasteiger partial charge in [0.1, 0.15) is 4.32 Å². The summed E-state index contributed by atoms with van der Waals surface area (Å²) in [6, 6.07) is 4.02. The Kier molecular flexibility index (Phi) is 3.50. The van der Waals surface area contributed by atoms with Crippen LogP contribution in [0.1, 0.15) is 44.2 Å². The summed E-state index contributed by atoms with van der Waals surface area (Å²) in [6.07, 6.45) is 0.877. The Morgan fingerprint density at radius 1 is 1.38 bits per heavy atom. The highest BCUT2D eigenvalue weighted by atomic mass is 79.9. The van der Waals surface area contributed by atoms with Gasteiger partial charge in [0.2, 0.25) is 0 Å². The Morgan fingerprint density at radius 3 is 2.71 bits per heavy atom. The summed E-state index contributed by atoms with van der Waals surface area (Å²) in [5.74, 6) is -0.0536. The third kappa shape index (κ3) is 2.14. The third-order valence-electron chi connectivity index (χ3n) is 4.80. The molecule has 1 N–H and O–H groups in total. The summed E-state index contributed by atoms with van der Waals surface area (Å²) < 4.78 is 1.31. The molecule has 4 rings (SSSR count). The van der Waals surface area contributed by atoms with Gasteiger partial charge in [0.25, 0.3) is 11.8 Å². The van der Waals surface area contributed by atoms with Gasteiger partial charge in [-0.3, -0.25) is 9.59 Å². The summed E-state index contributed by atoms with van der Waals surface area (Å²) in [7, 11) is 0. The summed E-state index contributed by atoms with van der Waals surface area (Å²) in [5, 5.41) is 2.62. The first-order chi connectivity index (χ1) is 11.2. The molecule has 1 aromatic rings. The maximum Gasteiger partial charge on any atom is 0.264 e. The Hall–Kier alpha value is -1.18. The van der Waals surface area contributed by atoms with Crippen molar-refractivity contribution in [3.8, 4) is 0 Å². The Labute approximate surface area is 158 Å². The van der Waals surface area contributed by atoms with E-state index in [-0.39, 0.29) is 17.4 Å². The Balaban J connectivity index is 2.06. The van der Waals surface area contributed by atoms with Gasteiger partial charge in [0.15, 0.2) is 0 Å². The van der Waals surface area contributed by atoms with Crippen molar-refractivity contribution in [3.63, 3.8) is 0 Å². The Morgan fingerprint density at radius 2 is 2.08 bits per heavy atom. The van der Waals surface area contributed by atoms with Crippen LogP contribution in [0.4, 0.5) is 5.69 Å². The smallest absolute Gasteiger partial charge is 0.264 e. The van der Waals surface area contributed by atoms with Crippen LogP contribution in [0.3, 0.4) is 0 Å². The van der Waals surface area contributed by atoms with Gasteiger partial charge in [-0.25, -0.2) is 0 Å². The van der Waals surface area contributed by atoms with Crippen LogP contribution in [0.25, 0.3) is 5.57 Å². The third-order valence-corrected chi connectivity index (χ3v) is 6.49. The molecule has 1 saturated heterocycles. The van der Waals surface area contributed by atoms with E-state index in [9.17, 15) is 9.59 Å². The molecule has 0 saturated carbocycles. The first-order valence-electron chi connectivity index (χ1n) is 7.66. The molecule has 4 nitrogen and oxygen atoms in total. The van der Waals surface area contributed by atoms with E-state index in [0.29, 0.717) is 20.7 Å². The minimum absolute atomic E-state index is 0.108. The number of nitrogens with one attached hydrogen (secondary N) is 1. The number of thioether (sulfide) groups is 1. The molecule has 0 aromatic heterocycles. The minimum Gasteiger partial charge on any atom is -0.307 e. The largest absolute Gasteiger partial charge is 0.307 e. The van der Waals surface area contributed by atoms with Crippen molar-refractivity contribution in [1.82, 2.24) is 5.32 Å². The number of amides is 2. The van der Waals surface area contributed by atoms with Crippen molar-refractivity contribution >= 4 is 67.3 Å². The molecule has 24 heavy (non-hydrogen) atoms. The highest BCUT2D eigenvalue weighted by molar-refractivity contribution is 9.10. The van der Waals surface area contributed by atoms with Gasteiger partial charge >= 0.3 is 0 Å². The number of rotatable bonds is 0. The normalized spacial score (nSPS) is 27.6. The van der Waals surface area contributed by atoms with Crippen molar-refractivity contribution < 1.29 is 9.59 Å². The number of thiocarbonyl (C=S) groups is 1. The zero-order valence-corrected chi connectivity index (χ0v) is 16.6. The van der Waals surface area contributed by atoms with Crippen LogP contribution < -0.4 is 10.2 Å². The molecule has 3 heterocycles. The summed E-state index contributed by atoms with van der Waals surface area (Å²) in [6.45, 7) is 6.34. The van der Waals surface area contributed by atoms with Gasteiger partial charge in [-0.2, -0.15) is 0 Å². The number of anilines is 1. The fourth-order valence-corrected chi connectivity index (χ4v) is 5.58. The number of carbonyl (C=O) groups excluding carboxylic acids is 2. The van der Waals surface area contributed by atoms with Crippen LogP contribution in [0.5, 0.6) is 0 Å². The quantitative estimate of drug-likeness (QED) is 0.507. The average Bonchev–Trinajstić information content (AvgIpc) is 2.92. The monoisotopic (exact) mass is 422 g/mol. The van der Waals surface area contributed by atoms with E-state index in [2.05, 4.69) is 48.1 Å². The number of hydrogen-bond acceptors (Lipinski definition) is 4. The number of benzene rings is 1. The fraction of sp³-hybridized carbons (Fsp3) is 0.353. The molecule has 1 fully saturated rings. The molecular formula is C17H15BrN2O2S2. The van der Waals surface area contributed by atoms with Crippen LogP contribution in [0, 0.1) is 0 Å². The molecule has 1 unspecified atom stereocenters. The van der Waals surface area contributed by atoms with E-state index in [0.717, 1.165) is 27.7 Å². The van der Waals surface area contributed by atoms with Crippen LogP contribution in [0.2, 0.25) is 0 Å². The highest BCUT2D eigenvalue weighted by Gasteiger charge is 2.49. The van der Waals surface area contributed by atoms with Gasteiger partial charge in [-0.15, -0.1) is 0 Å². The number of halogens is 1. The second-order valence-corrected chi connectivity index (χ2v) is 9.60. The van der Waals surface area contributed by atoms with E-state index >= 15 is 0 Å². The lowest BCUT2D eigenvalue weighted by atomic mass is 9.80. The molecule has 3 aliphatic heterocycles. The van der Waals surface area contributed by atoms with Crippen molar-refractivity contribution in [2.45, 2.75) is 38.6 Å².